The highest BCUT2D eigenvalue weighted by Crippen LogP contribution is 2.38. The van der Waals surface area contributed by atoms with Crippen molar-refractivity contribution < 1.29 is 20.4 Å². The molecule has 174 valence electrons. The zero-order valence-electron chi connectivity index (χ0n) is 20.5. The van der Waals surface area contributed by atoms with Gasteiger partial charge in [-0.15, -0.1) is 0 Å². The molecule has 3 fully saturated rings. The number of rotatable bonds is 0. The molecule has 0 amide bonds. The lowest BCUT2D eigenvalue weighted by molar-refractivity contribution is -0.241. The van der Waals surface area contributed by atoms with E-state index in [4.69, 9.17) is 9.94 Å². The molecule has 3 N–H and O–H groups in total. The van der Waals surface area contributed by atoms with Gasteiger partial charge in [0, 0.05) is 22.2 Å². The molecular formula is C22H47N3O4. The van der Waals surface area contributed by atoms with Crippen LogP contribution in [0.4, 0.5) is 0 Å². The van der Waals surface area contributed by atoms with Gasteiger partial charge in [0.25, 0.3) is 0 Å². The van der Waals surface area contributed by atoms with E-state index in [-0.39, 0.29) is 27.7 Å². The Morgan fingerprint density at radius 2 is 0.897 bits per heavy atom. The molecule has 3 heterocycles. The lowest BCUT2D eigenvalue weighted by Crippen LogP contribution is -2.56. The Morgan fingerprint density at radius 1 is 0.552 bits per heavy atom. The SMILES string of the molecule is CC1(C)CCC(C)(C)N1O.CC1(C)CCCC(C)(C)N1O.CC1(C)COCN1O. The quantitative estimate of drug-likeness (QED) is 0.518. The van der Waals surface area contributed by atoms with Crippen LogP contribution < -0.4 is 0 Å². The van der Waals surface area contributed by atoms with Crippen LogP contribution in [0.5, 0.6) is 0 Å². The molecule has 0 aromatic rings. The highest BCUT2D eigenvalue weighted by molar-refractivity contribution is 4.95. The van der Waals surface area contributed by atoms with Crippen molar-refractivity contribution in [1.82, 2.24) is 15.2 Å². The summed E-state index contributed by atoms with van der Waals surface area (Å²) in [7, 11) is 0. The maximum absolute atomic E-state index is 9.80. The standard InChI is InChI=1S/C9H19NO.C8H17NO.C5H11NO2/c1-8(2)6-5-7-9(3,4)10(8)11;1-7(2)5-6-8(3,4)9(7)10;1-5(2)3-8-4-6(5)7/h11H,5-7H2,1-4H3;10H,5-6H2,1-4H3;7H,3-4H2,1-2H3. The molecule has 0 aromatic carbocycles. The summed E-state index contributed by atoms with van der Waals surface area (Å²) in [5, 5.41) is 32.6. The lowest BCUT2D eigenvalue weighted by atomic mass is 9.82. The third-order valence-corrected chi connectivity index (χ3v) is 6.59. The molecule has 0 saturated carbocycles. The van der Waals surface area contributed by atoms with Gasteiger partial charge in [-0.2, -0.15) is 15.2 Å². The van der Waals surface area contributed by atoms with Gasteiger partial charge >= 0.3 is 0 Å². The Labute approximate surface area is 178 Å². The average molecular weight is 418 g/mol. The molecular weight excluding hydrogens is 370 g/mol. The van der Waals surface area contributed by atoms with Gasteiger partial charge in [-0.3, -0.25) is 0 Å². The second kappa shape index (κ2) is 9.07. The van der Waals surface area contributed by atoms with Crippen molar-refractivity contribution in [3.8, 4) is 0 Å². The molecule has 3 saturated heterocycles. The van der Waals surface area contributed by atoms with E-state index < -0.39 is 0 Å². The fourth-order valence-corrected chi connectivity index (χ4v) is 4.26. The van der Waals surface area contributed by atoms with Crippen LogP contribution in [0.3, 0.4) is 0 Å². The average Bonchev–Trinajstić information content (AvgIpc) is 2.97. The van der Waals surface area contributed by atoms with Gasteiger partial charge in [0.2, 0.25) is 0 Å². The molecule has 0 unspecified atom stereocenters. The summed E-state index contributed by atoms with van der Waals surface area (Å²) in [6.45, 7) is 21.5. The second-order valence-corrected chi connectivity index (χ2v) is 11.9. The minimum atomic E-state index is -0.181. The molecule has 3 aliphatic rings. The Balaban J connectivity index is 0.000000220. The smallest absolute Gasteiger partial charge is 0.122 e. The lowest BCUT2D eigenvalue weighted by Gasteiger charge is -2.48. The van der Waals surface area contributed by atoms with Crippen molar-refractivity contribution in [1.29, 1.82) is 0 Å². The van der Waals surface area contributed by atoms with Gasteiger partial charge in [0.05, 0.1) is 12.1 Å². The predicted molar refractivity (Wildman–Crippen MR) is 115 cm³/mol. The van der Waals surface area contributed by atoms with Crippen molar-refractivity contribution in [3.05, 3.63) is 0 Å². The first-order chi connectivity index (χ1) is 12.9. The van der Waals surface area contributed by atoms with Gasteiger partial charge < -0.3 is 20.4 Å². The summed E-state index contributed by atoms with van der Waals surface area (Å²) in [5.74, 6) is 0. The number of piperidine rings is 1. The van der Waals surface area contributed by atoms with Crippen LogP contribution in [0.1, 0.15) is 101 Å². The molecule has 29 heavy (non-hydrogen) atoms. The van der Waals surface area contributed by atoms with Crippen molar-refractivity contribution in [2.45, 2.75) is 129 Å². The Kier molecular flexibility index (Phi) is 8.36. The van der Waals surface area contributed by atoms with E-state index in [1.807, 2.05) is 13.8 Å². The molecule has 7 heteroatoms. The van der Waals surface area contributed by atoms with Gasteiger partial charge in [0.1, 0.15) is 6.73 Å². The van der Waals surface area contributed by atoms with Crippen LogP contribution in [0.2, 0.25) is 0 Å². The topological polar surface area (TPSA) is 79.6 Å². The van der Waals surface area contributed by atoms with Gasteiger partial charge in [-0.25, -0.2) is 0 Å². The van der Waals surface area contributed by atoms with Crippen molar-refractivity contribution in [3.63, 3.8) is 0 Å². The largest absolute Gasteiger partial charge is 0.362 e. The zero-order valence-corrected chi connectivity index (χ0v) is 20.5. The molecule has 0 spiro atoms. The van der Waals surface area contributed by atoms with Crippen molar-refractivity contribution in [2.24, 2.45) is 0 Å². The molecule has 0 atom stereocenters. The van der Waals surface area contributed by atoms with Crippen molar-refractivity contribution >= 4 is 0 Å². The number of nitrogens with zero attached hydrogens (tertiary/aromatic N) is 3. The van der Waals surface area contributed by atoms with Crippen LogP contribution in [0.25, 0.3) is 0 Å². The summed E-state index contributed by atoms with van der Waals surface area (Å²) in [6.07, 6.45) is 5.56. The summed E-state index contributed by atoms with van der Waals surface area (Å²) in [4.78, 5) is 0. The number of hydrogen-bond donors (Lipinski definition) is 3. The van der Waals surface area contributed by atoms with Crippen molar-refractivity contribution in [2.75, 3.05) is 13.3 Å². The monoisotopic (exact) mass is 417 g/mol. The van der Waals surface area contributed by atoms with Gasteiger partial charge in [-0.1, -0.05) is 0 Å². The number of hydroxylamine groups is 6. The van der Waals surface area contributed by atoms with E-state index in [1.165, 1.54) is 21.6 Å². The minimum absolute atomic E-state index is 0.0243. The normalized spacial score (nSPS) is 30.1. The van der Waals surface area contributed by atoms with E-state index in [1.54, 1.807) is 0 Å². The first-order valence-corrected chi connectivity index (χ1v) is 10.9. The third kappa shape index (κ3) is 6.86. The highest BCUT2D eigenvalue weighted by atomic mass is 16.6. The molecule has 3 rings (SSSR count). The minimum Gasteiger partial charge on any atom is -0.362 e. The summed E-state index contributed by atoms with van der Waals surface area (Å²) >= 11 is 0. The molecule has 7 nitrogen and oxygen atoms in total. The maximum atomic E-state index is 9.80. The molecule has 0 aliphatic carbocycles. The van der Waals surface area contributed by atoms with Crippen LogP contribution >= 0.6 is 0 Å². The number of hydrogen-bond acceptors (Lipinski definition) is 7. The first-order valence-electron chi connectivity index (χ1n) is 10.9. The van der Waals surface area contributed by atoms with E-state index >= 15 is 0 Å². The fourth-order valence-electron chi connectivity index (χ4n) is 4.26. The first kappa shape index (κ1) is 26.8. The zero-order chi connectivity index (χ0) is 22.9. The Morgan fingerprint density at radius 3 is 1.07 bits per heavy atom. The van der Waals surface area contributed by atoms with Crippen LogP contribution in [-0.2, 0) is 4.74 Å². The molecule has 0 aromatic heterocycles. The molecule has 3 aliphatic heterocycles. The maximum Gasteiger partial charge on any atom is 0.122 e. The Hall–Kier alpha value is -0.280. The van der Waals surface area contributed by atoms with Crippen LogP contribution in [0.15, 0.2) is 0 Å². The van der Waals surface area contributed by atoms with E-state index in [0.717, 1.165) is 25.7 Å². The van der Waals surface area contributed by atoms with E-state index in [0.29, 0.717) is 13.3 Å². The van der Waals surface area contributed by atoms with E-state index in [9.17, 15) is 10.4 Å². The Bertz CT molecular complexity index is 500. The molecule has 0 bridgehead atoms. The highest BCUT2D eigenvalue weighted by Gasteiger charge is 2.44. The van der Waals surface area contributed by atoms with Gasteiger partial charge in [0.15, 0.2) is 0 Å². The second-order valence-electron chi connectivity index (χ2n) is 11.9. The summed E-state index contributed by atoms with van der Waals surface area (Å²) in [6, 6.07) is 0. The van der Waals surface area contributed by atoms with E-state index in [2.05, 4.69) is 55.4 Å². The van der Waals surface area contributed by atoms with Crippen LogP contribution in [-0.4, -0.2) is 71.8 Å². The van der Waals surface area contributed by atoms with Crippen LogP contribution in [0, 0.1) is 0 Å². The third-order valence-electron chi connectivity index (χ3n) is 6.59. The number of ether oxygens (including phenoxy) is 1. The fraction of sp³-hybridized carbons (Fsp3) is 1.00. The van der Waals surface area contributed by atoms with Gasteiger partial charge in [-0.05, 0) is 101 Å². The molecule has 0 radical (unpaired) electrons. The summed E-state index contributed by atoms with van der Waals surface area (Å²) in [5.41, 5.74) is -0.309. The summed E-state index contributed by atoms with van der Waals surface area (Å²) < 4.78 is 4.95. The predicted octanol–water partition coefficient (Wildman–Crippen LogP) is 4.89.